The van der Waals surface area contributed by atoms with Gasteiger partial charge in [-0.1, -0.05) is 65.3 Å². The molecule has 0 saturated carbocycles. The van der Waals surface area contributed by atoms with E-state index in [4.69, 9.17) is 4.52 Å². The van der Waals surface area contributed by atoms with Crippen molar-refractivity contribution in [3.63, 3.8) is 0 Å². The molecule has 24 heavy (non-hydrogen) atoms. The van der Waals surface area contributed by atoms with E-state index in [1.807, 2.05) is 61.5 Å². The van der Waals surface area contributed by atoms with Gasteiger partial charge in [-0.25, -0.2) is 0 Å². The number of rotatable bonds is 2. The molecule has 0 aliphatic rings. The lowest BCUT2D eigenvalue weighted by molar-refractivity contribution is 0.185. The summed E-state index contributed by atoms with van der Waals surface area (Å²) in [7, 11) is 0. The Morgan fingerprint density at radius 3 is 2.42 bits per heavy atom. The van der Waals surface area contributed by atoms with Gasteiger partial charge < -0.3 is 9.73 Å². The number of hydrogen-bond acceptors (Lipinski definition) is 4. The number of benzene rings is 2. The number of aryl methyl sites for hydroxylation is 1. The highest BCUT2D eigenvalue weighted by molar-refractivity contribution is 5.90. The summed E-state index contributed by atoms with van der Waals surface area (Å²) in [6.07, 6.45) is 0. The van der Waals surface area contributed by atoms with Crippen LogP contribution in [0, 0.1) is 6.92 Å². The smallest absolute Gasteiger partial charge is 0.276 e. The average molecular weight is 318 g/mol. The van der Waals surface area contributed by atoms with Gasteiger partial charge in [0.2, 0.25) is 0 Å². The molecule has 0 saturated heterocycles. The van der Waals surface area contributed by atoms with Gasteiger partial charge >= 0.3 is 0 Å². The Morgan fingerprint density at radius 1 is 1.00 bits per heavy atom. The largest absolute Gasteiger partial charge is 0.425 e. The molecule has 0 aliphatic carbocycles. The molecule has 0 unspecified atom stereocenters. The van der Waals surface area contributed by atoms with Crippen LogP contribution in [0.5, 0.6) is 0 Å². The second-order valence-electron chi connectivity index (χ2n) is 5.65. The summed E-state index contributed by atoms with van der Waals surface area (Å²) in [5, 5.41) is 14.7. The Morgan fingerprint density at radius 2 is 1.71 bits per heavy atom. The Bertz CT molecular complexity index is 1080. The molecule has 0 radical (unpaired) electrons. The fraction of sp³-hybridized carbons (Fsp3) is 0.0526. The maximum Gasteiger partial charge on any atom is 0.276 e. The molecule has 2 aromatic heterocycles. The van der Waals surface area contributed by atoms with Crippen LogP contribution in [0.2, 0.25) is 0 Å². The van der Waals surface area contributed by atoms with E-state index in [1.165, 1.54) is 6.07 Å². The minimum atomic E-state index is -0.244. The topological polar surface area (TPSA) is 68.3 Å². The second kappa shape index (κ2) is 5.38. The molecule has 4 rings (SSSR count). The van der Waals surface area contributed by atoms with Crippen LogP contribution >= 0.6 is 0 Å². The van der Waals surface area contributed by atoms with Gasteiger partial charge in [-0.15, -0.1) is 4.73 Å². The number of fused-ring (bicyclic) bond motifs is 1. The van der Waals surface area contributed by atoms with Gasteiger partial charge in [-0.05, 0) is 6.92 Å². The van der Waals surface area contributed by atoms with Crippen LogP contribution in [-0.4, -0.2) is 15.1 Å². The summed E-state index contributed by atoms with van der Waals surface area (Å²) < 4.78 is 6.14. The summed E-state index contributed by atoms with van der Waals surface area (Å²) in [6, 6.07) is 18.2. The summed E-state index contributed by atoms with van der Waals surface area (Å²) in [5.41, 5.74) is 3.17. The van der Waals surface area contributed by atoms with Gasteiger partial charge in [0.25, 0.3) is 5.71 Å². The lowest BCUT2D eigenvalue weighted by Gasteiger charge is -2.06. The first-order valence-corrected chi connectivity index (χ1v) is 7.52. The van der Waals surface area contributed by atoms with Gasteiger partial charge in [0.15, 0.2) is 5.43 Å². The third-order valence-electron chi connectivity index (χ3n) is 4.00. The number of nitrogens with zero attached hydrogens (tertiary/aromatic N) is 2. The average Bonchev–Trinajstić information content (AvgIpc) is 3.05. The highest BCUT2D eigenvalue weighted by atomic mass is 16.5. The Hall–Kier alpha value is -3.34. The minimum absolute atomic E-state index is 0.0388. The molecule has 0 atom stereocenters. The first-order valence-electron chi connectivity index (χ1n) is 7.52. The highest BCUT2D eigenvalue weighted by Crippen LogP contribution is 2.28. The number of pyridine rings is 1. The lowest BCUT2D eigenvalue weighted by Crippen LogP contribution is -2.08. The molecule has 0 aliphatic heterocycles. The van der Waals surface area contributed by atoms with E-state index in [1.54, 1.807) is 0 Å². The monoisotopic (exact) mass is 318 g/mol. The van der Waals surface area contributed by atoms with Gasteiger partial charge in [0, 0.05) is 17.2 Å². The molecule has 0 fully saturated rings. The number of aromatic nitrogens is 2. The van der Waals surface area contributed by atoms with E-state index in [9.17, 15) is 10.0 Å². The molecule has 4 aromatic rings. The molecular weight excluding hydrogens is 304 g/mol. The van der Waals surface area contributed by atoms with Crippen LogP contribution in [0.15, 0.2) is 70.0 Å². The van der Waals surface area contributed by atoms with Crippen molar-refractivity contribution in [1.29, 1.82) is 0 Å². The molecule has 0 spiro atoms. The van der Waals surface area contributed by atoms with E-state index >= 15 is 0 Å². The van der Waals surface area contributed by atoms with Crippen LogP contribution in [0.3, 0.4) is 0 Å². The minimum Gasteiger partial charge on any atom is -0.425 e. The molecule has 0 amide bonds. The molecule has 5 nitrogen and oxygen atoms in total. The van der Waals surface area contributed by atoms with Crippen molar-refractivity contribution in [2.24, 2.45) is 0 Å². The predicted octanol–water partition coefficient (Wildman–Crippen LogP) is 3.87. The Balaban J connectivity index is 1.97. The van der Waals surface area contributed by atoms with E-state index in [0.29, 0.717) is 17.0 Å². The normalized spacial score (nSPS) is 11.0. The third kappa shape index (κ3) is 2.18. The van der Waals surface area contributed by atoms with Crippen molar-refractivity contribution in [1.82, 2.24) is 9.89 Å². The zero-order chi connectivity index (χ0) is 16.7. The predicted molar refractivity (Wildman–Crippen MR) is 91.1 cm³/mol. The maximum atomic E-state index is 12.6. The Kier molecular flexibility index (Phi) is 3.20. The molecular formula is C19H14N2O3. The van der Waals surface area contributed by atoms with Crippen LogP contribution in [0.4, 0.5) is 0 Å². The maximum absolute atomic E-state index is 12.6. The van der Waals surface area contributed by atoms with Crippen molar-refractivity contribution in [3.8, 4) is 22.5 Å². The zero-order valence-electron chi connectivity index (χ0n) is 12.9. The Labute approximate surface area is 137 Å². The summed E-state index contributed by atoms with van der Waals surface area (Å²) in [4.78, 5) is 12.6. The highest BCUT2D eigenvalue weighted by Gasteiger charge is 2.19. The van der Waals surface area contributed by atoms with Gasteiger partial charge in [0.1, 0.15) is 11.1 Å². The molecule has 5 heteroatoms. The fourth-order valence-electron chi connectivity index (χ4n) is 2.74. The first-order chi connectivity index (χ1) is 11.6. The third-order valence-corrected chi connectivity index (χ3v) is 4.00. The molecule has 2 heterocycles. The first kappa shape index (κ1) is 14.3. The van der Waals surface area contributed by atoms with Crippen molar-refractivity contribution in [3.05, 3.63) is 76.5 Å². The quantitative estimate of drug-likeness (QED) is 0.570. The van der Waals surface area contributed by atoms with E-state index in [2.05, 4.69) is 5.16 Å². The standard InChI is InChI=1S/C19H14N2O3/c1-12-7-9-14(10-8-12)18-17-16(22)11-15(13-5-3-2-4-6-13)21(23)19(17)24-20-18/h2-11,23H,1H3. The van der Waals surface area contributed by atoms with E-state index in [0.717, 1.165) is 15.9 Å². The van der Waals surface area contributed by atoms with Crippen molar-refractivity contribution >= 4 is 11.1 Å². The van der Waals surface area contributed by atoms with E-state index in [-0.39, 0.29) is 16.5 Å². The van der Waals surface area contributed by atoms with Crippen LogP contribution in [0.1, 0.15) is 5.56 Å². The van der Waals surface area contributed by atoms with Crippen LogP contribution in [0.25, 0.3) is 33.6 Å². The van der Waals surface area contributed by atoms with Crippen molar-refractivity contribution < 1.29 is 9.73 Å². The summed E-state index contributed by atoms with van der Waals surface area (Å²) in [6.45, 7) is 1.98. The lowest BCUT2D eigenvalue weighted by atomic mass is 10.1. The fourth-order valence-corrected chi connectivity index (χ4v) is 2.74. The van der Waals surface area contributed by atoms with Crippen LogP contribution < -0.4 is 5.43 Å². The molecule has 2 aromatic carbocycles. The van der Waals surface area contributed by atoms with E-state index < -0.39 is 0 Å². The zero-order valence-corrected chi connectivity index (χ0v) is 12.9. The molecule has 118 valence electrons. The molecule has 0 bridgehead atoms. The SMILES string of the molecule is Cc1ccc(-c2noc3c2c(=O)cc(-c2ccccc2)n3O)cc1. The van der Waals surface area contributed by atoms with Gasteiger partial charge in [-0.3, -0.25) is 4.79 Å². The van der Waals surface area contributed by atoms with Crippen molar-refractivity contribution in [2.45, 2.75) is 6.92 Å². The number of hydrogen-bond donors (Lipinski definition) is 1. The van der Waals surface area contributed by atoms with Crippen molar-refractivity contribution in [2.75, 3.05) is 0 Å². The van der Waals surface area contributed by atoms with Gasteiger partial charge in [-0.2, -0.15) is 0 Å². The summed E-state index contributed by atoms with van der Waals surface area (Å²) >= 11 is 0. The second-order valence-corrected chi connectivity index (χ2v) is 5.65. The van der Waals surface area contributed by atoms with Gasteiger partial charge in [0.05, 0.1) is 5.69 Å². The van der Waals surface area contributed by atoms with Crippen LogP contribution in [-0.2, 0) is 0 Å². The molecule has 1 N–H and O–H groups in total. The summed E-state index contributed by atoms with van der Waals surface area (Å²) in [5.74, 6) is 0.